The Hall–Kier alpha value is -2.30. The number of phenols is 1. The summed E-state index contributed by atoms with van der Waals surface area (Å²) < 4.78 is 0. The molecular formula is C22H37NO4. The van der Waals surface area contributed by atoms with Gasteiger partial charge in [-0.2, -0.15) is 0 Å². The Balaban J connectivity index is 0. The maximum Gasteiger partial charge on any atom is 0.326 e. The van der Waals surface area contributed by atoms with Crippen molar-refractivity contribution in [1.29, 1.82) is 0 Å². The topological polar surface area (TPSA) is 86.6 Å². The molecule has 1 aromatic carbocycles. The summed E-state index contributed by atoms with van der Waals surface area (Å²) in [5.41, 5.74) is 0.734. The minimum Gasteiger partial charge on any atom is -0.508 e. The number of aliphatic carboxylic acids is 1. The van der Waals surface area contributed by atoms with Gasteiger partial charge in [0, 0.05) is 6.42 Å². The monoisotopic (exact) mass is 379 g/mol. The van der Waals surface area contributed by atoms with Crippen molar-refractivity contribution in [2.75, 3.05) is 0 Å². The number of allylic oxidation sites excluding steroid dienone is 1. The molecule has 0 saturated carbocycles. The Morgan fingerprint density at radius 2 is 1.63 bits per heavy atom. The minimum atomic E-state index is -1.08. The van der Waals surface area contributed by atoms with E-state index < -0.39 is 17.9 Å². The number of carboxylic acid groups (broad SMARTS) is 1. The fraction of sp³-hybridized carbons (Fsp3) is 0.545. The predicted molar refractivity (Wildman–Crippen MR) is 112 cm³/mol. The number of amides is 1. The Morgan fingerprint density at radius 3 is 2.11 bits per heavy atom. The number of aromatic hydroxyl groups is 1. The molecule has 5 nitrogen and oxygen atoms in total. The third-order valence-electron chi connectivity index (χ3n) is 3.23. The molecule has 1 rings (SSSR count). The molecule has 5 heteroatoms. The standard InChI is InChI=1S/C17H23NO4.C3H8.C2H6/c1-2-3-4-5-6-7-16(20)18-15(17(21)22)12-13-8-10-14(19)11-9-13;1-3-2;1-2/h6-11,15,19H,2-5,12H2,1H3,(H,18,20)(H,21,22);3H2,1-2H3;1-2H3/b7-6+;;. The summed E-state index contributed by atoms with van der Waals surface area (Å²) in [6.07, 6.45) is 8.66. The zero-order chi connectivity index (χ0) is 21.1. The summed E-state index contributed by atoms with van der Waals surface area (Å²) in [5, 5.41) is 20.9. The van der Waals surface area contributed by atoms with Gasteiger partial charge in [0.1, 0.15) is 11.8 Å². The molecule has 0 aromatic heterocycles. The minimum absolute atomic E-state index is 0.120. The van der Waals surface area contributed by atoms with Crippen molar-refractivity contribution >= 4 is 11.9 Å². The smallest absolute Gasteiger partial charge is 0.326 e. The van der Waals surface area contributed by atoms with Crippen LogP contribution in [0.1, 0.15) is 72.3 Å². The van der Waals surface area contributed by atoms with Gasteiger partial charge in [-0.15, -0.1) is 0 Å². The maximum absolute atomic E-state index is 11.7. The molecular weight excluding hydrogens is 342 g/mol. The molecule has 0 spiro atoms. The van der Waals surface area contributed by atoms with Gasteiger partial charge in [0.15, 0.2) is 0 Å². The SMILES string of the molecule is CC.CCC.CCCCC/C=C/C(=O)NC(Cc1ccc(O)cc1)C(=O)O. The van der Waals surface area contributed by atoms with Gasteiger partial charge in [-0.1, -0.05) is 72.1 Å². The van der Waals surface area contributed by atoms with Gasteiger partial charge in [0.05, 0.1) is 0 Å². The number of hydrogen-bond acceptors (Lipinski definition) is 3. The molecule has 0 fully saturated rings. The first-order valence-electron chi connectivity index (χ1n) is 9.92. The van der Waals surface area contributed by atoms with E-state index in [2.05, 4.69) is 26.1 Å². The van der Waals surface area contributed by atoms with Gasteiger partial charge in [0.25, 0.3) is 0 Å². The van der Waals surface area contributed by atoms with Crippen LogP contribution in [0, 0.1) is 0 Å². The molecule has 0 aliphatic carbocycles. The average molecular weight is 380 g/mol. The normalized spacial score (nSPS) is 10.9. The number of carbonyl (C=O) groups excluding carboxylic acids is 1. The van der Waals surface area contributed by atoms with Crippen LogP contribution in [0.2, 0.25) is 0 Å². The maximum atomic E-state index is 11.7. The average Bonchev–Trinajstić information content (AvgIpc) is 2.65. The summed E-state index contributed by atoms with van der Waals surface area (Å²) in [4.78, 5) is 23.0. The third-order valence-corrected chi connectivity index (χ3v) is 3.23. The number of rotatable bonds is 9. The highest BCUT2D eigenvalue weighted by atomic mass is 16.4. The van der Waals surface area contributed by atoms with E-state index in [0.717, 1.165) is 31.2 Å². The van der Waals surface area contributed by atoms with E-state index in [0.29, 0.717) is 0 Å². The molecule has 0 radical (unpaired) electrons. The lowest BCUT2D eigenvalue weighted by Gasteiger charge is -2.13. The largest absolute Gasteiger partial charge is 0.508 e. The van der Waals surface area contributed by atoms with Gasteiger partial charge in [-0.25, -0.2) is 4.79 Å². The molecule has 0 heterocycles. The first-order chi connectivity index (χ1) is 12.9. The first kappa shape index (κ1) is 26.9. The van der Waals surface area contributed by atoms with E-state index in [4.69, 9.17) is 0 Å². The summed E-state index contributed by atoms with van der Waals surface area (Å²) in [5.74, 6) is -1.36. The number of hydrogen-bond donors (Lipinski definition) is 3. The van der Waals surface area contributed by atoms with E-state index in [1.807, 2.05) is 13.8 Å². The molecule has 154 valence electrons. The van der Waals surface area contributed by atoms with Crippen LogP contribution < -0.4 is 5.32 Å². The van der Waals surface area contributed by atoms with Crippen LogP contribution in [0.25, 0.3) is 0 Å². The Morgan fingerprint density at radius 1 is 1.07 bits per heavy atom. The molecule has 0 aliphatic heterocycles. The summed E-state index contributed by atoms with van der Waals surface area (Å²) in [6, 6.07) is 5.26. The highest BCUT2D eigenvalue weighted by Gasteiger charge is 2.19. The quantitative estimate of drug-likeness (QED) is 0.412. The number of carboxylic acids is 1. The fourth-order valence-corrected chi connectivity index (χ4v) is 1.99. The lowest BCUT2D eigenvalue weighted by molar-refractivity contribution is -0.141. The molecule has 3 N–H and O–H groups in total. The van der Waals surface area contributed by atoms with Crippen molar-refractivity contribution < 1.29 is 19.8 Å². The second kappa shape index (κ2) is 18.5. The van der Waals surface area contributed by atoms with Crippen LogP contribution in [-0.2, 0) is 16.0 Å². The van der Waals surface area contributed by atoms with Crippen LogP contribution in [0.3, 0.4) is 0 Å². The van der Waals surface area contributed by atoms with Crippen LogP contribution in [0.4, 0.5) is 0 Å². The van der Waals surface area contributed by atoms with Crippen molar-refractivity contribution in [1.82, 2.24) is 5.32 Å². The lowest BCUT2D eigenvalue weighted by Crippen LogP contribution is -2.41. The summed E-state index contributed by atoms with van der Waals surface area (Å²) in [6.45, 7) is 10.4. The molecule has 0 aliphatic rings. The number of nitrogens with one attached hydrogen (secondary N) is 1. The van der Waals surface area contributed by atoms with E-state index in [-0.39, 0.29) is 12.2 Å². The third kappa shape index (κ3) is 15.7. The number of carbonyl (C=O) groups is 2. The highest BCUT2D eigenvalue weighted by Crippen LogP contribution is 2.11. The second-order valence-electron chi connectivity index (χ2n) is 5.88. The van der Waals surface area contributed by atoms with Crippen molar-refractivity contribution in [2.24, 2.45) is 0 Å². The molecule has 1 atom stereocenters. The van der Waals surface area contributed by atoms with Crippen molar-refractivity contribution in [3.05, 3.63) is 42.0 Å². The lowest BCUT2D eigenvalue weighted by atomic mass is 10.1. The highest BCUT2D eigenvalue weighted by molar-refractivity contribution is 5.91. The molecule has 0 saturated heterocycles. The van der Waals surface area contributed by atoms with Gasteiger partial charge in [-0.3, -0.25) is 4.79 Å². The Labute approximate surface area is 164 Å². The van der Waals surface area contributed by atoms with Crippen molar-refractivity contribution in [3.63, 3.8) is 0 Å². The van der Waals surface area contributed by atoms with Crippen LogP contribution >= 0.6 is 0 Å². The summed E-state index contributed by atoms with van der Waals surface area (Å²) in [7, 11) is 0. The van der Waals surface area contributed by atoms with Gasteiger partial charge in [-0.05, 0) is 36.6 Å². The second-order valence-corrected chi connectivity index (χ2v) is 5.88. The van der Waals surface area contributed by atoms with E-state index in [1.165, 1.54) is 24.6 Å². The molecule has 1 unspecified atom stereocenters. The first-order valence-corrected chi connectivity index (χ1v) is 9.92. The Kier molecular flexibility index (Phi) is 18.4. The molecule has 1 amide bonds. The van der Waals surface area contributed by atoms with E-state index in [9.17, 15) is 19.8 Å². The van der Waals surface area contributed by atoms with Crippen LogP contribution in [0.5, 0.6) is 5.75 Å². The molecule has 1 aromatic rings. The van der Waals surface area contributed by atoms with Gasteiger partial charge >= 0.3 is 5.97 Å². The van der Waals surface area contributed by atoms with Gasteiger partial charge in [0.2, 0.25) is 5.91 Å². The predicted octanol–water partition coefficient (Wildman–Crippen LogP) is 5.08. The fourth-order valence-electron chi connectivity index (χ4n) is 1.99. The zero-order valence-corrected chi connectivity index (χ0v) is 17.5. The zero-order valence-electron chi connectivity index (χ0n) is 17.5. The molecule has 0 bridgehead atoms. The van der Waals surface area contributed by atoms with E-state index in [1.54, 1.807) is 18.2 Å². The van der Waals surface area contributed by atoms with E-state index >= 15 is 0 Å². The van der Waals surface area contributed by atoms with Crippen LogP contribution in [0.15, 0.2) is 36.4 Å². The van der Waals surface area contributed by atoms with Gasteiger partial charge < -0.3 is 15.5 Å². The Bertz CT molecular complexity index is 524. The molecule has 27 heavy (non-hydrogen) atoms. The summed E-state index contributed by atoms with van der Waals surface area (Å²) >= 11 is 0. The van der Waals surface area contributed by atoms with Crippen molar-refractivity contribution in [2.45, 2.75) is 79.2 Å². The van der Waals surface area contributed by atoms with Crippen molar-refractivity contribution in [3.8, 4) is 5.75 Å². The number of benzene rings is 1. The number of unbranched alkanes of at least 4 members (excludes halogenated alkanes) is 3. The van der Waals surface area contributed by atoms with Crippen LogP contribution in [-0.4, -0.2) is 28.1 Å². The number of phenolic OH excluding ortho intramolecular Hbond substituents is 1.